The number of ether oxygens (including phenoxy) is 7. The van der Waals surface area contributed by atoms with Crippen molar-refractivity contribution < 1.29 is 47.9 Å². The number of esters is 1. The molecular formula is C41H73N3O10. The first-order valence-corrected chi connectivity index (χ1v) is 20.5. The number of aliphatic hydroxyl groups is 1. The van der Waals surface area contributed by atoms with Crippen LogP contribution in [0.25, 0.3) is 0 Å². The third-order valence-electron chi connectivity index (χ3n) is 14.4. The summed E-state index contributed by atoms with van der Waals surface area (Å²) in [6.07, 6.45) is -3.32. The zero-order chi connectivity index (χ0) is 40.2. The number of likely N-dealkylation sites (N-methyl/N-ethyl adjacent to an activating group) is 1. The second kappa shape index (κ2) is 16.3. The number of hydrogen-bond donors (Lipinski definition) is 2. The molecule has 312 valence electrons. The molecule has 0 aromatic carbocycles. The maximum Gasteiger partial charge on any atom is 0.410 e. The van der Waals surface area contributed by atoms with Crippen LogP contribution in [0.5, 0.6) is 0 Å². The molecule has 5 heterocycles. The molecular weight excluding hydrogens is 694 g/mol. The number of carbonyl (C=O) groups is 2. The van der Waals surface area contributed by atoms with E-state index in [4.69, 9.17) is 33.2 Å². The number of rotatable bonds is 6. The van der Waals surface area contributed by atoms with Gasteiger partial charge in [0.2, 0.25) is 0 Å². The zero-order valence-electron chi connectivity index (χ0n) is 35.8. The van der Waals surface area contributed by atoms with Crippen molar-refractivity contribution >= 4 is 12.1 Å². The van der Waals surface area contributed by atoms with Crippen molar-refractivity contribution in [1.82, 2.24) is 15.1 Å². The van der Waals surface area contributed by atoms with Gasteiger partial charge in [-0.15, -0.1) is 0 Å². The number of cyclic esters (lactones) is 1. The predicted octanol–water partition coefficient (Wildman–Crippen LogP) is 4.82. The fraction of sp³-hybridized carbons (Fsp3) is 0.951. The van der Waals surface area contributed by atoms with Gasteiger partial charge in [0.1, 0.15) is 12.2 Å². The molecule has 5 aliphatic heterocycles. The summed E-state index contributed by atoms with van der Waals surface area (Å²) in [6, 6.07) is -0.468. The molecule has 5 rings (SSSR count). The van der Waals surface area contributed by atoms with Crippen molar-refractivity contribution in [3.8, 4) is 0 Å². The molecule has 0 saturated carbocycles. The van der Waals surface area contributed by atoms with Gasteiger partial charge in [0.05, 0.1) is 42.0 Å². The molecule has 18 atom stereocenters. The number of carbonyl (C=O) groups excluding carboxylic acids is 2. The summed E-state index contributed by atoms with van der Waals surface area (Å²) in [5, 5.41) is 15.5. The van der Waals surface area contributed by atoms with E-state index in [2.05, 4.69) is 53.8 Å². The number of hydrogen-bond acceptors (Lipinski definition) is 12. The Morgan fingerprint density at radius 2 is 1.59 bits per heavy atom. The van der Waals surface area contributed by atoms with E-state index in [0.717, 1.165) is 6.42 Å². The van der Waals surface area contributed by atoms with Crippen molar-refractivity contribution in [1.29, 1.82) is 0 Å². The first kappa shape index (κ1) is 43.5. The minimum absolute atomic E-state index is 0.0152. The average molecular weight is 768 g/mol. The third-order valence-corrected chi connectivity index (χ3v) is 14.4. The molecule has 2 N–H and O–H groups in total. The van der Waals surface area contributed by atoms with E-state index in [0.29, 0.717) is 25.9 Å². The van der Waals surface area contributed by atoms with Gasteiger partial charge in [0.25, 0.3) is 0 Å². The minimum atomic E-state index is -1.07. The number of amides is 1. The molecule has 0 spiro atoms. The Morgan fingerprint density at radius 3 is 2.22 bits per heavy atom. The molecule has 0 aromatic rings. The van der Waals surface area contributed by atoms with E-state index in [1.54, 1.807) is 7.11 Å². The lowest BCUT2D eigenvalue weighted by Crippen LogP contribution is -2.60. The van der Waals surface area contributed by atoms with E-state index >= 15 is 0 Å². The topological polar surface area (TPSA) is 137 Å². The molecule has 0 radical (unpaired) electrons. The van der Waals surface area contributed by atoms with Gasteiger partial charge in [-0.3, -0.25) is 9.69 Å². The van der Waals surface area contributed by atoms with Crippen LogP contribution in [0.2, 0.25) is 0 Å². The van der Waals surface area contributed by atoms with Crippen LogP contribution in [0.4, 0.5) is 4.79 Å². The van der Waals surface area contributed by atoms with Crippen LogP contribution in [-0.2, 0) is 38.0 Å². The zero-order valence-corrected chi connectivity index (χ0v) is 35.8. The molecule has 13 nitrogen and oxygen atoms in total. The highest BCUT2D eigenvalue weighted by Gasteiger charge is 2.60. The smallest absolute Gasteiger partial charge is 0.410 e. The summed E-state index contributed by atoms with van der Waals surface area (Å²) in [7, 11) is 5.65. The average Bonchev–Trinajstić information content (AvgIpc) is 3.22. The Labute approximate surface area is 324 Å². The fourth-order valence-electron chi connectivity index (χ4n) is 10.8. The van der Waals surface area contributed by atoms with Crippen LogP contribution in [-0.4, -0.2) is 140 Å². The van der Waals surface area contributed by atoms with E-state index in [9.17, 15) is 14.7 Å². The van der Waals surface area contributed by atoms with Crippen LogP contribution in [0.15, 0.2) is 0 Å². The molecule has 2 bridgehead atoms. The summed E-state index contributed by atoms with van der Waals surface area (Å²) < 4.78 is 45.6. The Morgan fingerprint density at radius 1 is 0.926 bits per heavy atom. The van der Waals surface area contributed by atoms with Gasteiger partial charge < -0.3 is 48.5 Å². The van der Waals surface area contributed by atoms with Gasteiger partial charge in [0, 0.05) is 50.5 Å². The Kier molecular flexibility index (Phi) is 13.2. The predicted molar refractivity (Wildman–Crippen MR) is 203 cm³/mol. The van der Waals surface area contributed by atoms with Gasteiger partial charge in [-0.1, -0.05) is 41.5 Å². The molecule has 13 heteroatoms. The summed E-state index contributed by atoms with van der Waals surface area (Å²) >= 11 is 0. The van der Waals surface area contributed by atoms with E-state index in [-0.39, 0.29) is 54.2 Å². The SMILES string of the molecule is COC1(C)CC(O[C@H]2[C@H](C)[C@@H](OC3OC(C)CC(N(C)C)C3O)C(C)(C)C[C@@H](C)C3NCCN4C(=O)O[C@](C)([C@@H](C)OC(=O)[C@@H]2C)[C@H]4[C@H]3C)OC(C)C1C. The summed E-state index contributed by atoms with van der Waals surface area (Å²) in [5.74, 6) is -1.45. The maximum absolute atomic E-state index is 14.5. The number of fused-ring (bicyclic) bond motifs is 1. The minimum Gasteiger partial charge on any atom is -0.458 e. The van der Waals surface area contributed by atoms with Crippen LogP contribution in [0, 0.1) is 35.0 Å². The van der Waals surface area contributed by atoms with Gasteiger partial charge in [0.15, 0.2) is 18.2 Å². The lowest BCUT2D eigenvalue weighted by molar-refractivity contribution is -0.307. The number of nitrogens with zero attached hydrogens (tertiary/aromatic N) is 2. The normalized spacial score (nSPS) is 49.2. The van der Waals surface area contributed by atoms with Crippen LogP contribution in [0.1, 0.15) is 102 Å². The number of nitrogens with one attached hydrogen (secondary N) is 1. The monoisotopic (exact) mass is 768 g/mol. The van der Waals surface area contributed by atoms with Gasteiger partial charge in [-0.2, -0.15) is 0 Å². The molecule has 5 fully saturated rings. The molecule has 5 aliphatic rings. The molecule has 54 heavy (non-hydrogen) atoms. The Hall–Kier alpha value is -1.58. The van der Waals surface area contributed by atoms with Crippen LogP contribution < -0.4 is 5.32 Å². The van der Waals surface area contributed by atoms with Crippen molar-refractivity contribution in [2.45, 2.75) is 181 Å². The van der Waals surface area contributed by atoms with Crippen LogP contribution in [0.3, 0.4) is 0 Å². The lowest BCUT2D eigenvalue weighted by Gasteiger charge is -2.50. The Balaban J connectivity index is 1.60. The van der Waals surface area contributed by atoms with Gasteiger partial charge >= 0.3 is 12.1 Å². The van der Waals surface area contributed by atoms with E-state index in [1.807, 2.05) is 58.5 Å². The highest BCUT2D eigenvalue weighted by atomic mass is 16.7. The second-order valence-electron chi connectivity index (χ2n) is 18.9. The summed E-state index contributed by atoms with van der Waals surface area (Å²) in [4.78, 5) is 31.8. The van der Waals surface area contributed by atoms with Crippen LogP contribution >= 0.6 is 0 Å². The Bertz CT molecular complexity index is 1320. The maximum atomic E-state index is 14.5. The highest BCUT2D eigenvalue weighted by molar-refractivity contribution is 5.74. The van der Waals surface area contributed by atoms with E-state index < -0.39 is 71.4 Å². The first-order chi connectivity index (χ1) is 25.1. The summed E-state index contributed by atoms with van der Waals surface area (Å²) in [6.45, 7) is 25.8. The molecule has 5 saturated heterocycles. The second-order valence-corrected chi connectivity index (χ2v) is 18.9. The van der Waals surface area contributed by atoms with Crippen molar-refractivity contribution in [2.24, 2.45) is 35.0 Å². The van der Waals surface area contributed by atoms with Crippen molar-refractivity contribution in [2.75, 3.05) is 34.3 Å². The lowest BCUT2D eigenvalue weighted by atomic mass is 9.68. The van der Waals surface area contributed by atoms with Crippen molar-refractivity contribution in [3.05, 3.63) is 0 Å². The van der Waals surface area contributed by atoms with Gasteiger partial charge in [-0.25, -0.2) is 4.79 Å². The fourth-order valence-corrected chi connectivity index (χ4v) is 10.8. The van der Waals surface area contributed by atoms with Crippen molar-refractivity contribution in [3.63, 3.8) is 0 Å². The number of aliphatic hydroxyl groups excluding tert-OH is 1. The number of methoxy groups -OCH3 is 1. The molecule has 1 amide bonds. The van der Waals surface area contributed by atoms with Gasteiger partial charge in [-0.05, 0) is 85.7 Å². The first-order valence-electron chi connectivity index (χ1n) is 20.5. The van der Waals surface area contributed by atoms with E-state index in [1.165, 1.54) is 0 Å². The highest BCUT2D eigenvalue weighted by Crippen LogP contribution is 2.47. The molecule has 0 aromatic heterocycles. The quantitative estimate of drug-likeness (QED) is 0.359. The molecule has 0 aliphatic carbocycles. The summed E-state index contributed by atoms with van der Waals surface area (Å²) in [5.41, 5.74) is -2.11. The molecule has 9 unspecified atom stereocenters. The largest absolute Gasteiger partial charge is 0.458 e. The standard InChI is InChI=1S/C41H73N3O10/c1-21-19-39(9,10)35(53-37-32(45)29(43(13)14)18-22(2)49-37)24(4)33(52-30-20-40(11,48-15)26(6)27(7)50-30)25(5)36(46)51-28(8)41(12)34-23(3)31(21)42-16-17-44(34)38(47)54-41/h21-35,37,42,45H,16-20H2,1-15H3/t21-,22?,23+,24+,25-,26?,27?,28-,29?,30?,31?,32?,33+,34-,35-,37?,40?,41-/m1/s1. The third kappa shape index (κ3) is 8.22.